The Balaban J connectivity index is 1.54. The van der Waals surface area contributed by atoms with Crippen molar-refractivity contribution in [2.75, 3.05) is 50.7 Å². The SMILES string of the molecule is CCN1CCN(C2CN(c3cc(C(F)(F)F)nc4n[nH]c(C)c34)C2)CC1. The molecule has 0 spiro atoms. The zero-order valence-electron chi connectivity index (χ0n) is 15.0. The van der Waals surface area contributed by atoms with Crippen molar-refractivity contribution in [1.29, 1.82) is 0 Å². The minimum Gasteiger partial charge on any atom is -0.368 e. The van der Waals surface area contributed by atoms with E-state index in [0.29, 0.717) is 17.1 Å². The summed E-state index contributed by atoms with van der Waals surface area (Å²) in [6, 6.07) is 1.56. The monoisotopic (exact) mass is 368 g/mol. The molecule has 2 aliphatic heterocycles. The van der Waals surface area contributed by atoms with Gasteiger partial charge in [0.25, 0.3) is 0 Å². The minimum atomic E-state index is -4.48. The van der Waals surface area contributed by atoms with Crippen LogP contribution >= 0.6 is 0 Å². The van der Waals surface area contributed by atoms with Crippen LogP contribution in [0.5, 0.6) is 0 Å². The molecule has 0 atom stereocenters. The second-order valence-electron chi connectivity index (χ2n) is 7.10. The molecule has 26 heavy (non-hydrogen) atoms. The number of aromatic nitrogens is 3. The number of nitrogens with one attached hydrogen (secondary N) is 1. The number of piperazine rings is 1. The van der Waals surface area contributed by atoms with Crippen LogP contribution in [0, 0.1) is 6.92 Å². The van der Waals surface area contributed by atoms with Crippen molar-refractivity contribution in [2.45, 2.75) is 26.1 Å². The highest BCUT2D eigenvalue weighted by atomic mass is 19.4. The van der Waals surface area contributed by atoms with Gasteiger partial charge in [-0.25, -0.2) is 4.98 Å². The lowest BCUT2D eigenvalue weighted by Gasteiger charge is -2.49. The van der Waals surface area contributed by atoms with E-state index in [2.05, 4.69) is 31.9 Å². The number of rotatable bonds is 3. The topological polar surface area (TPSA) is 51.3 Å². The number of aryl methyl sites for hydroxylation is 1. The molecule has 2 aliphatic rings. The Labute approximate surface area is 150 Å². The Hall–Kier alpha value is -1.87. The summed E-state index contributed by atoms with van der Waals surface area (Å²) < 4.78 is 39.6. The average molecular weight is 368 g/mol. The number of fused-ring (bicyclic) bond motifs is 1. The molecule has 2 aromatic heterocycles. The van der Waals surface area contributed by atoms with Crippen LogP contribution in [0.15, 0.2) is 6.07 Å². The summed E-state index contributed by atoms with van der Waals surface area (Å²) in [5.41, 5.74) is 0.576. The Morgan fingerprint density at radius 1 is 1.19 bits per heavy atom. The fraction of sp³-hybridized carbons (Fsp3) is 0.647. The van der Waals surface area contributed by atoms with E-state index in [1.54, 1.807) is 0 Å². The first-order chi connectivity index (χ1) is 12.4. The number of hydrogen-bond donors (Lipinski definition) is 1. The third kappa shape index (κ3) is 3.03. The summed E-state index contributed by atoms with van der Waals surface area (Å²) in [5, 5.41) is 7.39. The van der Waals surface area contributed by atoms with Gasteiger partial charge in [-0.3, -0.25) is 10.00 Å². The number of halogens is 3. The summed E-state index contributed by atoms with van der Waals surface area (Å²) in [7, 11) is 0. The van der Waals surface area contributed by atoms with Gasteiger partial charge < -0.3 is 9.80 Å². The largest absolute Gasteiger partial charge is 0.433 e. The highest BCUT2D eigenvalue weighted by Crippen LogP contribution is 2.37. The van der Waals surface area contributed by atoms with Crippen molar-refractivity contribution in [3.63, 3.8) is 0 Å². The lowest BCUT2D eigenvalue weighted by atomic mass is 10.0. The van der Waals surface area contributed by atoms with Crippen molar-refractivity contribution >= 4 is 16.7 Å². The fourth-order valence-electron chi connectivity index (χ4n) is 3.87. The first-order valence-electron chi connectivity index (χ1n) is 9.01. The van der Waals surface area contributed by atoms with Crippen molar-refractivity contribution in [1.82, 2.24) is 25.0 Å². The normalized spacial score (nSPS) is 20.7. The minimum absolute atomic E-state index is 0.132. The fourth-order valence-corrected chi connectivity index (χ4v) is 3.87. The summed E-state index contributed by atoms with van der Waals surface area (Å²) in [4.78, 5) is 10.6. The van der Waals surface area contributed by atoms with Gasteiger partial charge >= 0.3 is 6.18 Å². The molecule has 0 aliphatic carbocycles. The molecular weight excluding hydrogens is 345 g/mol. The van der Waals surface area contributed by atoms with Crippen LogP contribution in [0.3, 0.4) is 0 Å². The Morgan fingerprint density at radius 2 is 1.88 bits per heavy atom. The van der Waals surface area contributed by atoms with E-state index in [1.165, 1.54) is 0 Å². The summed E-state index contributed by atoms with van der Waals surface area (Å²) in [6.07, 6.45) is -4.48. The number of hydrogen-bond acceptors (Lipinski definition) is 5. The summed E-state index contributed by atoms with van der Waals surface area (Å²) in [6.45, 7) is 10.7. The summed E-state index contributed by atoms with van der Waals surface area (Å²) in [5.74, 6) is 0. The predicted octanol–water partition coefficient (Wildman–Crippen LogP) is 2.11. The number of pyridine rings is 1. The molecule has 0 bridgehead atoms. The molecule has 0 unspecified atom stereocenters. The maximum Gasteiger partial charge on any atom is 0.433 e. The van der Waals surface area contributed by atoms with Crippen LogP contribution in [0.25, 0.3) is 11.0 Å². The van der Waals surface area contributed by atoms with Crippen molar-refractivity contribution < 1.29 is 13.2 Å². The van der Waals surface area contributed by atoms with Gasteiger partial charge in [0.15, 0.2) is 5.65 Å². The molecule has 2 saturated heterocycles. The molecule has 2 fully saturated rings. The zero-order chi connectivity index (χ0) is 18.5. The Kier molecular flexibility index (Phi) is 4.31. The van der Waals surface area contributed by atoms with Crippen LogP contribution in [0.2, 0.25) is 0 Å². The maximum atomic E-state index is 13.2. The van der Waals surface area contributed by atoms with Crippen LogP contribution in [-0.4, -0.2) is 76.8 Å². The van der Waals surface area contributed by atoms with Gasteiger partial charge in [0, 0.05) is 51.0 Å². The molecule has 142 valence electrons. The van der Waals surface area contributed by atoms with E-state index < -0.39 is 11.9 Å². The number of anilines is 1. The van der Waals surface area contributed by atoms with Gasteiger partial charge in [0.2, 0.25) is 0 Å². The van der Waals surface area contributed by atoms with Gasteiger partial charge in [-0.05, 0) is 19.5 Å². The molecule has 0 radical (unpaired) electrons. The first-order valence-corrected chi connectivity index (χ1v) is 9.01. The maximum absolute atomic E-state index is 13.2. The van der Waals surface area contributed by atoms with E-state index in [0.717, 1.165) is 57.6 Å². The Morgan fingerprint density at radius 3 is 2.50 bits per heavy atom. The quantitative estimate of drug-likeness (QED) is 0.899. The molecular formula is C17H23F3N6. The van der Waals surface area contributed by atoms with E-state index in [1.807, 2.05) is 11.8 Å². The van der Waals surface area contributed by atoms with E-state index in [-0.39, 0.29) is 5.65 Å². The number of likely N-dealkylation sites (N-methyl/N-ethyl adjacent to an activating group) is 1. The molecule has 6 nitrogen and oxygen atoms in total. The number of H-pyrrole nitrogens is 1. The lowest BCUT2D eigenvalue weighted by molar-refractivity contribution is -0.140. The molecule has 2 aromatic rings. The van der Waals surface area contributed by atoms with Gasteiger partial charge in [-0.1, -0.05) is 6.92 Å². The Bertz CT molecular complexity index is 788. The van der Waals surface area contributed by atoms with Crippen LogP contribution in [0.4, 0.5) is 18.9 Å². The number of alkyl halides is 3. The second-order valence-corrected chi connectivity index (χ2v) is 7.10. The highest BCUT2D eigenvalue weighted by molar-refractivity contribution is 5.92. The molecule has 0 amide bonds. The first kappa shape index (κ1) is 17.5. The average Bonchev–Trinajstić information content (AvgIpc) is 2.95. The van der Waals surface area contributed by atoms with Crippen LogP contribution in [0.1, 0.15) is 18.3 Å². The molecule has 9 heteroatoms. The third-order valence-corrected chi connectivity index (χ3v) is 5.55. The van der Waals surface area contributed by atoms with Crippen LogP contribution in [-0.2, 0) is 6.18 Å². The third-order valence-electron chi connectivity index (χ3n) is 5.55. The zero-order valence-corrected chi connectivity index (χ0v) is 15.0. The van der Waals surface area contributed by atoms with E-state index >= 15 is 0 Å². The summed E-state index contributed by atoms with van der Waals surface area (Å²) >= 11 is 0. The van der Waals surface area contributed by atoms with Crippen molar-refractivity contribution in [2.24, 2.45) is 0 Å². The molecule has 0 saturated carbocycles. The smallest absolute Gasteiger partial charge is 0.368 e. The van der Waals surface area contributed by atoms with Crippen molar-refractivity contribution in [3.05, 3.63) is 17.5 Å². The van der Waals surface area contributed by atoms with Crippen molar-refractivity contribution in [3.8, 4) is 0 Å². The molecule has 4 heterocycles. The second kappa shape index (κ2) is 6.38. The number of aromatic amines is 1. The molecule has 1 N–H and O–H groups in total. The highest BCUT2D eigenvalue weighted by Gasteiger charge is 2.38. The van der Waals surface area contributed by atoms with E-state index in [4.69, 9.17) is 0 Å². The van der Waals surface area contributed by atoms with E-state index in [9.17, 15) is 13.2 Å². The molecule has 4 rings (SSSR count). The van der Waals surface area contributed by atoms with Gasteiger partial charge in [0.05, 0.1) is 11.1 Å². The molecule has 0 aromatic carbocycles. The number of nitrogens with zero attached hydrogens (tertiary/aromatic N) is 5. The van der Waals surface area contributed by atoms with Crippen LogP contribution < -0.4 is 4.90 Å². The van der Waals surface area contributed by atoms with Gasteiger partial charge in [0.1, 0.15) is 5.69 Å². The van der Waals surface area contributed by atoms with Gasteiger partial charge in [-0.2, -0.15) is 18.3 Å². The standard InChI is InChI=1S/C17H23F3N6/c1-3-24-4-6-25(7-5-24)12-9-26(10-12)13-8-14(17(18,19)20)21-16-15(13)11(2)22-23-16/h8,12H,3-7,9-10H2,1-2H3,(H,21,22,23). The lowest BCUT2D eigenvalue weighted by Crippen LogP contribution is -2.63. The van der Waals surface area contributed by atoms with Gasteiger partial charge in [-0.15, -0.1) is 0 Å². The predicted molar refractivity (Wildman–Crippen MR) is 93.3 cm³/mol.